The molecule has 3 atom stereocenters. The molecule has 0 aromatic heterocycles. The fourth-order valence-corrected chi connectivity index (χ4v) is 2.65. The third-order valence-electron chi connectivity index (χ3n) is 3.25. The van der Waals surface area contributed by atoms with Crippen molar-refractivity contribution in [3.63, 3.8) is 0 Å². The number of aliphatic hydroxyl groups excluding tert-OH is 2. The molecule has 1 saturated heterocycles. The smallest absolute Gasteiger partial charge is 0.105 e. The molecule has 2 aliphatic rings. The molecular formula is C9H17NO2. The zero-order chi connectivity index (χ0) is 8.60. The van der Waals surface area contributed by atoms with Gasteiger partial charge in [-0.05, 0) is 31.1 Å². The van der Waals surface area contributed by atoms with E-state index in [4.69, 9.17) is 0 Å². The monoisotopic (exact) mass is 171 g/mol. The third-order valence-corrected chi connectivity index (χ3v) is 3.25. The zero-order valence-electron chi connectivity index (χ0n) is 7.29. The first-order valence-corrected chi connectivity index (χ1v) is 4.80. The Bertz CT molecular complexity index is 170. The zero-order valence-corrected chi connectivity index (χ0v) is 7.29. The predicted molar refractivity (Wildman–Crippen MR) is 45.5 cm³/mol. The maximum Gasteiger partial charge on any atom is 0.105 e. The number of nitrogens with one attached hydrogen (secondary N) is 1. The van der Waals surface area contributed by atoms with Crippen molar-refractivity contribution in [1.82, 2.24) is 5.32 Å². The summed E-state index contributed by atoms with van der Waals surface area (Å²) in [5, 5.41) is 21.9. The Morgan fingerprint density at radius 1 is 1.25 bits per heavy atom. The largest absolute Gasteiger partial charge is 0.393 e. The summed E-state index contributed by atoms with van der Waals surface area (Å²) in [4.78, 5) is 0. The molecule has 0 aromatic carbocycles. The van der Waals surface area contributed by atoms with E-state index in [2.05, 4.69) is 5.32 Å². The molecule has 1 heterocycles. The van der Waals surface area contributed by atoms with Crippen molar-refractivity contribution in [1.29, 1.82) is 0 Å². The molecule has 3 heteroatoms. The van der Waals surface area contributed by atoms with Crippen molar-refractivity contribution < 1.29 is 10.2 Å². The van der Waals surface area contributed by atoms with Gasteiger partial charge in [0.2, 0.25) is 0 Å². The Balaban J connectivity index is 2.00. The molecule has 1 aliphatic heterocycles. The first-order valence-electron chi connectivity index (χ1n) is 4.80. The molecule has 1 spiro atoms. The van der Waals surface area contributed by atoms with Crippen LogP contribution in [0.3, 0.4) is 0 Å². The lowest BCUT2D eigenvalue weighted by atomic mass is 9.72. The lowest BCUT2D eigenvalue weighted by molar-refractivity contribution is 0.0467. The fraction of sp³-hybridized carbons (Fsp3) is 1.00. The molecule has 1 aliphatic carbocycles. The molecule has 0 radical (unpaired) electrons. The van der Waals surface area contributed by atoms with Crippen LogP contribution in [0.25, 0.3) is 0 Å². The Labute approximate surface area is 72.8 Å². The number of rotatable bonds is 0. The molecule has 70 valence electrons. The molecule has 1 saturated carbocycles. The second kappa shape index (κ2) is 2.98. The normalized spacial score (nSPS) is 48.5. The quantitative estimate of drug-likeness (QED) is 0.488. The molecular weight excluding hydrogens is 154 g/mol. The highest BCUT2D eigenvalue weighted by molar-refractivity contribution is 4.94. The highest BCUT2D eigenvalue weighted by atomic mass is 16.3. The van der Waals surface area contributed by atoms with E-state index in [0.29, 0.717) is 0 Å². The summed E-state index contributed by atoms with van der Waals surface area (Å²) in [7, 11) is 0. The van der Waals surface area contributed by atoms with Gasteiger partial charge in [-0.1, -0.05) is 6.42 Å². The standard InChI is InChI=1S/C9H17NO2/c11-7-2-1-3-9(4-7)5-8(12)10-6-9/h7-8,10-12H,1-6H2. The minimum absolute atomic E-state index is 0.133. The molecule has 3 unspecified atom stereocenters. The number of hydrogen-bond acceptors (Lipinski definition) is 3. The maximum absolute atomic E-state index is 9.51. The van der Waals surface area contributed by atoms with Crippen LogP contribution < -0.4 is 5.32 Å². The van der Waals surface area contributed by atoms with Crippen molar-refractivity contribution in [3.8, 4) is 0 Å². The summed E-state index contributed by atoms with van der Waals surface area (Å²) in [6, 6.07) is 0. The highest BCUT2D eigenvalue weighted by Crippen LogP contribution is 2.42. The van der Waals surface area contributed by atoms with Crippen LogP contribution in [0.2, 0.25) is 0 Å². The van der Waals surface area contributed by atoms with Gasteiger partial charge in [-0.15, -0.1) is 0 Å². The molecule has 12 heavy (non-hydrogen) atoms. The van der Waals surface area contributed by atoms with E-state index in [9.17, 15) is 10.2 Å². The molecule has 0 aromatic rings. The molecule has 0 amide bonds. The van der Waals surface area contributed by atoms with Crippen molar-refractivity contribution >= 4 is 0 Å². The highest BCUT2D eigenvalue weighted by Gasteiger charge is 2.41. The van der Waals surface area contributed by atoms with Crippen molar-refractivity contribution in [2.75, 3.05) is 6.54 Å². The van der Waals surface area contributed by atoms with E-state index in [1.54, 1.807) is 0 Å². The summed E-state index contributed by atoms with van der Waals surface area (Å²) in [5.74, 6) is 0. The van der Waals surface area contributed by atoms with Gasteiger partial charge in [0.15, 0.2) is 0 Å². The number of aliphatic hydroxyl groups is 2. The van der Waals surface area contributed by atoms with Gasteiger partial charge in [-0.3, -0.25) is 5.32 Å². The van der Waals surface area contributed by atoms with Gasteiger partial charge < -0.3 is 10.2 Å². The Morgan fingerprint density at radius 3 is 2.67 bits per heavy atom. The van der Waals surface area contributed by atoms with Crippen LogP contribution in [-0.4, -0.2) is 29.1 Å². The van der Waals surface area contributed by atoms with E-state index < -0.39 is 0 Å². The minimum atomic E-state index is -0.338. The third kappa shape index (κ3) is 1.49. The fourth-order valence-electron chi connectivity index (χ4n) is 2.65. The van der Waals surface area contributed by atoms with Crippen molar-refractivity contribution in [2.45, 2.75) is 44.4 Å². The Kier molecular flexibility index (Phi) is 2.10. The van der Waals surface area contributed by atoms with Crippen LogP contribution in [0.5, 0.6) is 0 Å². The van der Waals surface area contributed by atoms with E-state index in [1.807, 2.05) is 0 Å². The number of hydrogen-bond donors (Lipinski definition) is 3. The second-order valence-corrected chi connectivity index (χ2v) is 4.35. The van der Waals surface area contributed by atoms with Gasteiger partial charge in [-0.25, -0.2) is 0 Å². The molecule has 2 fully saturated rings. The summed E-state index contributed by atoms with van der Waals surface area (Å²) < 4.78 is 0. The summed E-state index contributed by atoms with van der Waals surface area (Å²) in [5.41, 5.74) is 0.205. The SMILES string of the molecule is OC1CCCC2(CNC(O)C2)C1. The Hall–Kier alpha value is -0.120. The maximum atomic E-state index is 9.51. The van der Waals surface area contributed by atoms with Crippen LogP contribution >= 0.6 is 0 Å². The molecule has 0 bridgehead atoms. The molecule has 2 rings (SSSR count). The van der Waals surface area contributed by atoms with Crippen molar-refractivity contribution in [3.05, 3.63) is 0 Å². The topological polar surface area (TPSA) is 52.5 Å². The van der Waals surface area contributed by atoms with Crippen LogP contribution in [0.15, 0.2) is 0 Å². The molecule has 3 N–H and O–H groups in total. The van der Waals surface area contributed by atoms with E-state index in [0.717, 1.165) is 38.6 Å². The lowest BCUT2D eigenvalue weighted by Crippen LogP contribution is -2.33. The van der Waals surface area contributed by atoms with Gasteiger partial charge in [0.1, 0.15) is 6.23 Å². The summed E-state index contributed by atoms with van der Waals surface area (Å²) in [6.45, 7) is 0.880. The average molecular weight is 171 g/mol. The van der Waals surface area contributed by atoms with Crippen LogP contribution in [0.1, 0.15) is 32.1 Å². The predicted octanol–water partition coefficient (Wildman–Crippen LogP) is 0.219. The van der Waals surface area contributed by atoms with Crippen molar-refractivity contribution in [2.24, 2.45) is 5.41 Å². The van der Waals surface area contributed by atoms with Gasteiger partial charge in [0.25, 0.3) is 0 Å². The van der Waals surface area contributed by atoms with Crippen LogP contribution in [0, 0.1) is 5.41 Å². The summed E-state index contributed by atoms with van der Waals surface area (Å²) >= 11 is 0. The van der Waals surface area contributed by atoms with Gasteiger partial charge >= 0.3 is 0 Å². The van der Waals surface area contributed by atoms with Gasteiger partial charge in [0, 0.05) is 6.54 Å². The van der Waals surface area contributed by atoms with E-state index in [1.165, 1.54) is 0 Å². The minimum Gasteiger partial charge on any atom is -0.393 e. The van der Waals surface area contributed by atoms with Crippen LogP contribution in [0.4, 0.5) is 0 Å². The van der Waals surface area contributed by atoms with Crippen LogP contribution in [-0.2, 0) is 0 Å². The molecule has 3 nitrogen and oxygen atoms in total. The van der Waals surface area contributed by atoms with E-state index >= 15 is 0 Å². The van der Waals surface area contributed by atoms with Gasteiger partial charge in [0.05, 0.1) is 6.10 Å². The second-order valence-electron chi connectivity index (χ2n) is 4.35. The Morgan fingerprint density at radius 2 is 2.08 bits per heavy atom. The lowest BCUT2D eigenvalue weighted by Gasteiger charge is -2.35. The van der Waals surface area contributed by atoms with Gasteiger partial charge in [-0.2, -0.15) is 0 Å². The average Bonchev–Trinajstić information content (AvgIpc) is 2.32. The summed E-state index contributed by atoms with van der Waals surface area (Å²) in [6.07, 6.45) is 4.43. The first-order chi connectivity index (χ1) is 5.70. The van der Waals surface area contributed by atoms with E-state index in [-0.39, 0.29) is 17.7 Å². The first kappa shape index (κ1) is 8.48.